The number of ether oxygens (including phenoxy) is 2. The summed E-state index contributed by atoms with van der Waals surface area (Å²) in [5, 5.41) is 2.67. The van der Waals surface area contributed by atoms with Crippen LogP contribution in [0.1, 0.15) is 6.92 Å². The third-order valence-corrected chi connectivity index (χ3v) is 1.30. The van der Waals surface area contributed by atoms with Crippen molar-refractivity contribution < 1.29 is 14.3 Å². The average molecular weight is 187 g/mol. The molecule has 0 aromatic heterocycles. The lowest BCUT2D eigenvalue weighted by atomic mass is 10.5. The second kappa shape index (κ2) is 9.22. The molecule has 0 saturated heterocycles. The van der Waals surface area contributed by atoms with Crippen molar-refractivity contribution in [1.29, 1.82) is 0 Å². The summed E-state index contributed by atoms with van der Waals surface area (Å²) in [6, 6.07) is 0. The van der Waals surface area contributed by atoms with E-state index in [-0.39, 0.29) is 5.91 Å². The first-order chi connectivity index (χ1) is 6.31. The number of hydrogen-bond donors (Lipinski definition) is 1. The summed E-state index contributed by atoms with van der Waals surface area (Å²) in [6.45, 7) is 4.01. The average Bonchev–Trinajstić information content (AvgIpc) is 2.11. The Bertz CT molecular complexity index is 157. The normalized spacial score (nSPS) is 10.6. The summed E-state index contributed by atoms with van der Waals surface area (Å²) in [5.74, 6) is -0.0853. The number of nitrogens with one attached hydrogen (secondary N) is 1. The predicted octanol–water partition coefficient (Wildman–Crippen LogP) is 0.342. The summed E-state index contributed by atoms with van der Waals surface area (Å²) in [6.07, 6.45) is 3.18. The van der Waals surface area contributed by atoms with Gasteiger partial charge in [-0.3, -0.25) is 4.79 Å². The molecule has 1 amide bonds. The van der Waals surface area contributed by atoms with E-state index in [2.05, 4.69) is 5.32 Å². The second-order valence-corrected chi connectivity index (χ2v) is 2.40. The Hall–Kier alpha value is -0.870. The Labute approximate surface area is 78.9 Å². The molecule has 0 bridgehead atoms. The highest BCUT2D eigenvalue weighted by atomic mass is 16.5. The quantitative estimate of drug-likeness (QED) is 0.462. The van der Waals surface area contributed by atoms with Crippen LogP contribution in [0.3, 0.4) is 0 Å². The van der Waals surface area contributed by atoms with Gasteiger partial charge in [-0.25, -0.2) is 0 Å². The molecule has 0 spiro atoms. The Kier molecular flexibility index (Phi) is 8.60. The molecule has 0 heterocycles. The highest BCUT2D eigenvalue weighted by molar-refractivity contribution is 5.87. The van der Waals surface area contributed by atoms with Crippen LogP contribution >= 0.6 is 0 Å². The first-order valence-electron chi connectivity index (χ1n) is 4.28. The van der Waals surface area contributed by atoms with Crippen molar-refractivity contribution >= 4 is 5.91 Å². The molecule has 0 unspecified atom stereocenters. The molecular formula is C9H17NO3. The molecule has 0 rings (SSSR count). The van der Waals surface area contributed by atoms with Crippen LogP contribution < -0.4 is 5.32 Å². The van der Waals surface area contributed by atoms with Crippen LogP contribution in [0.2, 0.25) is 0 Å². The Balaban J connectivity index is 3.11. The van der Waals surface area contributed by atoms with Crippen LogP contribution in [0.25, 0.3) is 0 Å². The van der Waals surface area contributed by atoms with Crippen molar-refractivity contribution in [2.45, 2.75) is 6.92 Å². The van der Waals surface area contributed by atoms with Crippen LogP contribution in [0.15, 0.2) is 12.2 Å². The van der Waals surface area contributed by atoms with Crippen molar-refractivity contribution in [1.82, 2.24) is 5.32 Å². The third-order valence-electron chi connectivity index (χ3n) is 1.30. The van der Waals surface area contributed by atoms with E-state index in [1.54, 1.807) is 20.1 Å². The maximum atomic E-state index is 10.9. The van der Waals surface area contributed by atoms with E-state index in [1.165, 1.54) is 6.08 Å². The Morgan fingerprint density at radius 2 is 2.15 bits per heavy atom. The molecule has 0 aromatic rings. The molecule has 4 heteroatoms. The van der Waals surface area contributed by atoms with Gasteiger partial charge >= 0.3 is 0 Å². The van der Waals surface area contributed by atoms with E-state index in [1.807, 2.05) is 0 Å². The zero-order valence-electron chi connectivity index (χ0n) is 8.21. The molecule has 4 nitrogen and oxygen atoms in total. The Morgan fingerprint density at radius 1 is 1.38 bits per heavy atom. The van der Waals surface area contributed by atoms with Crippen molar-refractivity contribution in [3.8, 4) is 0 Å². The van der Waals surface area contributed by atoms with Crippen molar-refractivity contribution in [2.75, 3.05) is 33.5 Å². The third kappa shape index (κ3) is 9.04. The fourth-order valence-corrected chi connectivity index (χ4v) is 0.701. The van der Waals surface area contributed by atoms with Crippen molar-refractivity contribution in [3.05, 3.63) is 12.2 Å². The predicted molar refractivity (Wildman–Crippen MR) is 50.5 cm³/mol. The number of allylic oxidation sites excluding steroid dienone is 1. The fourth-order valence-electron chi connectivity index (χ4n) is 0.701. The molecule has 0 aromatic carbocycles. The lowest BCUT2D eigenvalue weighted by Crippen LogP contribution is -2.25. The van der Waals surface area contributed by atoms with E-state index in [4.69, 9.17) is 9.47 Å². The van der Waals surface area contributed by atoms with Gasteiger partial charge in [-0.05, 0) is 13.0 Å². The largest absolute Gasteiger partial charge is 0.382 e. The van der Waals surface area contributed by atoms with Gasteiger partial charge in [0.25, 0.3) is 0 Å². The molecule has 13 heavy (non-hydrogen) atoms. The second-order valence-electron chi connectivity index (χ2n) is 2.40. The number of carbonyl (C=O) groups is 1. The van der Waals surface area contributed by atoms with Crippen molar-refractivity contribution in [2.24, 2.45) is 0 Å². The molecule has 0 aliphatic carbocycles. The van der Waals surface area contributed by atoms with Crippen LogP contribution in [0.4, 0.5) is 0 Å². The molecule has 76 valence electrons. The maximum absolute atomic E-state index is 10.9. The van der Waals surface area contributed by atoms with Crippen molar-refractivity contribution in [3.63, 3.8) is 0 Å². The van der Waals surface area contributed by atoms with Gasteiger partial charge in [-0.15, -0.1) is 0 Å². The van der Waals surface area contributed by atoms with Gasteiger partial charge in [0.05, 0.1) is 19.8 Å². The lowest BCUT2D eigenvalue weighted by molar-refractivity contribution is -0.116. The zero-order chi connectivity index (χ0) is 9.94. The van der Waals surface area contributed by atoms with Gasteiger partial charge in [0.2, 0.25) is 5.91 Å². The first kappa shape index (κ1) is 12.1. The highest BCUT2D eigenvalue weighted by Crippen LogP contribution is 1.76. The van der Waals surface area contributed by atoms with E-state index < -0.39 is 0 Å². The molecule has 0 atom stereocenters. The van der Waals surface area contributed by atoms with E-state index in [9.17, 15) is 4.79 Å². The number of carbonyl (C=O) groups excluding carboxylic acids is 1. The van der Waals surface area contributed by atoms with Crippen LogP contribution in [-0.4, -0.2) is 39.4 Å². The fraction of sp³-hybridized carbons (Fsp3) is 0.667. The van der Waals surface area contributed by atoms with Gasteiger partial charge in [0.1, 0.15) is 0 Å². The minimum atomic E-state index is -0.0853. The molecule has 0 aliphatic rings. The molecule has 0 aliphatic heterocycles. The molecule has 0 saturated carbocycles. The first-order valence-corrected chi connectivity index (χ1v) is 4.28. The topological polar surface area (TPSA) is 47.6 Å². The van der Waals surface area contributed by atoms with Gasteiger partial charge < -0.3 is 14.8 Å². The molecular weight excluding hydrogens is 170 g/mol. The Morgan fingerprint density at radius 3 is 2.77 bits per heavy atom. The van der Waals surface area contributed by atoms with E-state index in [0.29, 0.717) is 26.4 Å². The SMILES string of the molecule is CC=CC(=O)NCCOCCOC. The number of methoxy groups -OCH3 is 1. The summed E-state index contributed by atoms with van der Waals surface area (Å²) < 4.78 is 9.92. The number of hydrogen-bond acceptors (Lipinski definition) is 3. The van der Waals surface area contributed by atoms with Crippen LogP contribution in [-0.2, 0) is 14.3 Å². The van der Waals surface area contributed by atoms with Gasteiger partial charge in [-0.2, -0.15) is 0 Å². The highest BCUT2D eigenvalue weighted by Gasteiger charge is 1.92. The van der Waals surface area contributed by atoms with E-state index in [0.717, 1.165) is 0 Å². The number of rotatable bonds is 7. The minimum Gasteiger partial charge on any atom is -0.382 e. The van der Waals surface area contributed by atoms with Gasteiger partial charge in [0.15, 0.2) is 0 Å². The summed E-state index contributed by atoms with van der Waals surface area (Å²) >= 11 is 0. The zero-order valence-corrected chi connectivity index (χ0v) is 8.21. The molecule has 1 N–H and O–H groups in total. The van der Waals surface area contributed by atoms with Gasteiger partial charge in [-0.1, -0.05) is 6.08 Å². The minimum absolute atomic E-state index is 0.0853. The monoisotopic (exact) mass is 187 g/mol. The summed E-state index contributed by atoms with van der Waals surface area (Å²) in [5.41, 5.74) is 0. The standard InChI is InChI=1S/C9H17NO3/c1-3-4-9(11)10-5-6-13-8-7-12-2/h3-4H,5-8H2,1-2H3,(H,10,11). The van der Waals surface area contributed by atoms with Crippen LogP contribution in [0, 0.1) is 0 Å². The summed E-state index contributed by atoms with van der Waals surface area (Å²) in [4.78, 5) is 10.9. The smallest absolute Gasteiger partial charge is 0.243 e. The van der Waals surface area contributed by atoms with Gasteiger partial charge in [0, 0.05) is 13.7 Å². The molecule has 0 radical (unpaired) electrons. The van der Waals surface area contributed by atoms with E-state index >= 15 is 0 Å². The summed E-state index contributed by atoms with van der Waals surface area (Å²) in [7, 11) is 1.62. The lowest BCUT2D eigenvalue weighted by Gasteiger charge is -2.03. The maximum Gasteiger partial charge on any atom is 0.243 e. The number of amides is 1. The van der Waals surface area contributed by atoms with Crippen LogP contribution in [0.5, 0.6) is 0 Å². The molecule has 0 fully saturated rings.